The summed E-state index contributed by atoms with van der Waals surface area (Å²) in [5, 5.41) is 15.1. The van der Waals surface area contributed by atoms with Crippen LogP contribution in [0.4, 0.5) is 11.4 Å². The molecule has 0 bridgehead atoms. The van der Waals surface area contributed by atoms with E-state index in [-0.39, 0.29) is 16.7 Å². The zero-order valence-electron chi connectivity index (χ0n) is 11.6. The van der Waals surface area contributed by atoms with Gasteiger partial charge in [0.15, 0.2) is 0 Å². The Balaban J connectivity index is 2.26. The molecule has 6 heteroatoms. The average molecular weight is 417 g/mol. The molecule has 1 N–H and O–H groups in total. The fourth-order valence-electron chi connectivity index (χ4n) is 2.02. The summed E-state index contributed by atoms with van der Waals surface area (Å²) in [7, 11) is 0. The normalized spacial score (nSPS) is 12.0. The Morgan fingerprint density at radius 3 is 2.62 bits per heavy atom. The van der Waals surface area contributed by atoms with Gasteiger partial charge in [0.25, 0.3) is 5.69 Å². The van der Waals surface area contributed by atoms with E-state index >= 15 is 0 Å². The second-order valence-electron chi connectivity index (χ2n) is 4.79. The summed E-state index contributed by atoms with van der Waals surface area (Å²) in [5.41, 5.74) is 2.64. The van der Waals surface area contributed by atoms with Crippen LogP contribution in [0.25, 0.3) is 0 Å². The van der Waals surface area contributed by atoms with Gasteiger partial charge in [0.05, 0.1) is 4.92 Å². The molecule has 0 spiro atoms. The molecule has 0 heterocycles. The summed E-state index contributed by atoms with van der Waals surface area (Å²) < 4.78 is 1.01. The standard InChI is InChI=1S/C15H14ClIN2O2/c1-9-3-4-11(7-15(9)19(20)21)10(2)18-14-6-5-12(16)8-13(14)17/h3-8,10,18H,1-2H3. The van der Waals surface area contributed by atoms with Crippen molar-refractivity contribution in [3.63, 3.8) is 0 Å². The minimum absolute atomic E-state index is 0.0426. The van der Waals surface area contributed by atoms with Crippen molar-refractivity contribution in [2.24, 2.45) is 0 Å². The zero-order valence-corrected chi connectivity index (χ0v) is 14.5. The molecule has 1 unspecified atom stereocenters. The van der Waals surface area contributed by atoms with E-state index in [2.05, 4.69) is 27.9 Å². The molecule has 0 aliphatic carbocycles. The maximum absolute atomic E-state index is 11.0. The first kappa shape index (κ1) is 16.0. The predicted molar refractivity (Wildman–Crippen MR) is 94.0 cm³/mol. The van der Waals surface area contributed by atoms with Gasteiger partial charge in [-0.25, -0.2) is 0 Å². The molecule has 0 aromatic heterocycles. The molecule has 2 rings (SSSR count). The lowest BCUT2D eigenvalue weighted by atomic mass is 10.0. The summed E-state index contributed by atoms with van der Waals surface area (Å²) in [6, 6.07) is 10.9. The van der Waals surface area contributed by atoms with Gasteiger partial charge in [-0.15, -0.1) is 0 Å². The van der Waals surface area contributed by atoms with E-state index < -0.39 is 0 Å². The van der Waals surface area contributed by atoms with Gasteiger partial charge in [0.1, 0.15) is 0 Å². The van der Waals surface area contributed by atoms with E-state index in [4.69, 9.17) is 11.6 Å². The van der Waals surface area contributed by atoms with E-state index in [9.17, 15) is 10.1 Å². The molecule has 0 saturated carbocycles. The first-order chi connectivity index (χ1) is 9.88. The molecular weight excluding hydrogens is 403 g/mol. The Labute approximate surface area is 141 Å². The van der Waals surface area contributed by atoms with Crippen LogP contribution in [0, 0.1) is 20.6 Å². The van der Waals surface area contributed by atoms with Crippen LogP contribution in [0.3, 0.4) is 0 Å². The van der Waals surface area contributed by atoms with Crippen LogP contribution in [-0.2, 0) is 0 Å². The maximum atomic E-state index is 11.0. The van der Waals surface area contributed by atoms with Crippen molar-refractivity contribution >= 4 is 45.6 Å². The number of aryl methyl sites for hydroxylation is 1. The summed E-state index contributed by atoms with van der Waals surface area (Å²) in [6.07, 6.45) is 0. The molecule has 0 radical (unpaired) electrons. The lowest BCUT2D eigenvalue weighted by Crippen LogP contribution is -2.08. The molecule has 2 aromatic carbocycles. The third-order valence-corrected chi connectivity index (χ3v) is 4.36. The molecule has 0 saturated heterocycles. The van der Waals surface area contributed by atoms with E-state index in [0.29, 0.717) is 10.6 Å². The highest BCUT2D eigenvalue weighted by atomic mass is 127. The lowest BCUT2D eigenvalue weighted by Gasteiger charge is -2.17. The third-order valence-electron chi connectivity index (χ3n) is 3.23. The number of halogens is 2. The number of hydrogen-bond acceptors (Lipinski definition) is 3. The van der Waals surface area contributed by atoms with Crippen LogP contribution in [0.1, 0.15) is 24.1 Å². The van der Waals surface area contributed by atoms with Gasteiger partial charge in [-0.2, -0.15) is 0 Å². The first-order valence-corrected chi connectivity index (χ1v) is 7.80. The smallest absolute Gasteiger partial charge is 0.272 e. The van der Waals surface area contributed by atoms with Crippen LogP contribution in [0.2, 0.25) is 5.02 Å². The van der Waals surface area contributed by atoms with Gasteiger partial charge in [0, 0.05) is 32.0 Å². The minimum atomic E-state index is -0.350. The van der Waals surface area contributed by atoms with Gasteiger partial charge in [-0.05, 0) is 60.2 Å². The molecule has 21 heavy (non-hydrogen) atoms. The molecule has 2 aromatic rings. The summed E-state index contributed by atoms with van der Waals surface area (Å²) in [4.78, 5) is 10.7. The first-order valence-electron chi connectivity index (χ1n) is 6.35. The minimum Gasteiger partial charge on any atom is -0.378 e. The molecule has 110 valence electrons. The Bertz CT molecular complexity index is 691. The van der Waals surface area contributed by atoms with E-state index in [1.807, 2.05) is 31.2 Å². The van der Waals surface area contributed by atoms with Gasteiger partial charge >= 0.3 is 0 Å². The highest BCUT2D eigenvalue weighted by molar-refractivity contribution is 14.1. The van der Waals surface area contributed by atoms with Crippen LogP contribution in [-0.4, -0.2) is 4.92 Å². The SMILES string of the molecule is Cc1ccc(C(C)Nc2ccc(Cl)cc2I)cc1[N+](=O)[O-]. The Hall–Kier alpha value is -1.34. The van der Waals surface area contributed by atoms with E-state index in [1.54, 1.807) is 19.1 Å². The van der Waals surface area contributed by atoms with Crippen LogP contribution in [0.5, 0.6) is 0 Å². The monoisotopic (exact) mass is 416 g/mol. The summed E-state index contributed by atoms with van der Waals surface area (Å²) in [6.45, 7) is 3.71. The maximum Gasteiger partial charge on any atom is 0.272 e. The molecule has 0 aliphatic heterocycles. The van der Waals surface area contributed by atoms with Crippen molar-refractivity contribution in [2.75, 3.05) is 5.32 Å². The van der Waals surface area contributed by atoms with Crippen molar-refractivity contribution in [3.05, 3.63) is 66.2 Å². The quantitative estimate of drug-likeness (QED) is 0.416. The van der Waals surface area contributed by atoms with Crippen molar-refractivity contribution in [1.82, 2.24) is 0 Å². The number of benzene rings is 2. The number of nitro benzene ring substituents is 1. The van der Waals surface area contributed by atoms with E-state index in [0.717, 1.165) is 14.8 Å². The van der Waals surface area contributed by atoms with Crippen molar-refractivity contribution < 1.29 is 4.92 Å². The number of rotatable bonds is 4. The topological polar surface area (TPSA) is 55.2 Å². The number of anilines is 1. The second kappa shape index (κ2) is 6.62. The van der Waals surface area contributed by atoms with E-state index in [1.165, 1.54) is 0 Å². The fourth-order valence-corrected chi connectivity index (χ4v) is 3.04. The van der Waals surface area contributed by atoms with Crippen LogP contribution in [0.15, 0.2) is 36.4 Å². The molecular formula is C15H14ClIN2O2. The number of nitrogens with one attached hydrogen (secondary N) is 1. The van der Waals surface area contributed by atoms with Gasteiger partial charge in [0.2, 0.25) is 0 Å². The van der Waals surface area contributed by atoms with Gasteiger partial charge in [-0.1, -0.05) is 23.7 Å². The predicted octanol–water partition coefficient (Wildman–Crippen LogP) is 5.33. The van der Waals surface area contributed by atoms with Gasteiger partial charge in [-0.3, -0.25) is 10.1 Å². The number of hydrogen-bond donors (Lipinski definition) is 1. The van der Waals surface area contributed by atoms with Crippen LogP contribution >= 0.6 is 34.2 Å². The fraction of sp³-hybridized carbons (Fsp3) is 0.200. The molecule has 1 atom stereocenters. The van der Waals surface area contributed by atoms with Crippen LogP contribution < -0.4 is 5.32 Å². The second-order valence-corrected chi connectivity index (χ2v) is 6.39. The summed E-state index contributed by atoms with van der Waals surface area (Å²) >= 11 is 8.14. The van der Waals surface area contributed by atoms with Crippen molar-refractivity contribution in [1.29, 1.82) is 0 Å². The summed E-state index contributed by atoms with van der Waals surface area (Å²) in [5.74, 6) is 0. The molecule has 0 fully saturated rings. The molecule has 0 aliphatic rings. The molecule has 4 nitrogen and oxygen atoms in total. The Kier molecular flexibility index (Phi) is 5.05. The largest absolute Gasteiger partial charge is 0.378 e. The molecule has 0 amide bonds. The number of nitrogens with zero attached hydrogens (tertiary/aromatic N) is 1. The number of nitro groups is 1. The highest BCUT2D eigenvalue weighted by Crippen LogP contribution is 2.28. The van der Waals surface area contributed by atoms with Gasteiger partial charge < -0.3 is 5.32 Å². The van der Waals surface area contributed by atoms with Crippen molar-refractivity contribution in [3.8, 4) is 0 Å². The third kappa shape index (κ3) is 3.85. The highest BCUT2D eigenvalue weighted by Gasteiger charge is 2.15. The Morgan fingerprint density at radius 2 is 2.00 bits per heavy atom. The lowest BCUT2D eigenvalue weighted by molar-refractivity contribution is -0.385. The average Bonchev–Trinajstić information content (AvgIpc) is 2.42. The van der Waals surface area contributed by atoms with Crippen molar-refractivity contribution in [2.45, 2.75) is 19.9 Å². The Morgan fingerprint density at radius 1 is 1.29 bits per heavy atom. The zero-order chi connectivity index (χ0) is 15.6.